The van der Waals surface area contributed by atoms with Crippen LogP contribution in [-0.4, -0.2) is 34.9 Å². The summed E-state index contributed by atoms with van der Waals surface area (Å²) in [6.07, 6.45) is 0.773. The molecule has 0 radical (unpaired) electrons. The summed E-state index contributed by atoms with van der Waals surface area (Å²) in [7, 11) is 0. The van der Waals surface area contributed by atoms with E-state index in [1.807, 2.05) is 6.92 Å². The lowest BCUT2D eigenvalue weighted by atomic mass is 9.99. The second kappa shape index (κ2) is 4.13. The maximum absolute atomic E-state index is 8.94. The first kappa shape index (κ1) is 9.85. The van der Waals surface area contributed by atoms with Crippen LogP contribution in [0, 0.1) is 11.3 Å². The quantitative estimate of drug-likeness (QED) is 0.709. The first-order valence-electron chi connectivity index (χ1n) is 4.03. The molecule has 1 aliphatic heterocycles. The average molecular weight is 187 g/mol. The number of nitriles is 1. The van der Waals surface area contributed by atoms with Gasteiger partial charge >= 0.3 is 0 Å². The second-order valence-electron chi connectivity index (χ2n) is 2.84. The molecule has 0 aromatic rings. The predicted molar refractivity (Wildman–Crippen MR) is 47.9 cm³/mol. The Bertz CT molecular complexity index is 192. The van der Waals surface area contributed by atoms with Crippen molar-refractivity contribution in [3.8, 4) is 6.07 Å². The van der Waals surface area contributed by atoms with E-state index in [4.69, 9.17) is 15.1 Å². The van der Waals surface area contributed by atoms with Gasteiger partial charge in [0.1, 0.15) is 0 Å². The van der Waals surface area contributed by atoms with Crippen LogP contribution in [0.3, 0.4) is 0 Å². The highest BCUT2D eigenvalue weighted by Crippen LogP contribution is 2.37. The van der Waals surface area contributed by atoms with Crippen molar-refractivity contribution >= 4 is 11.8 Å². The number of hydrogen-bond donors (Lipinski definition) is 1. The first-order chi connectivity index (χ1) is 5.75. The molecular formula is C8H13NO2S. The molecule has 0 aromatic heterocycles. The minimum atomic E-state index is -0.645. The van der Waals surface area contributed by atoms with Crippen molar-refractivity contribution in [1.29, 1.82) is 5.26 Å². The highest BCUT2D eigenvalue weighted by molar-refractivity contribution is 8.00. The molecule has 0 aromatic carbocycles. The van der Waals surface area contributed by atoms with Gasteiger partial charge in [0.2, 0.25) is 0 Å². The normalized spacial score (nSPS) is 34.9. The number of rotatable bonds is 3. The number of hydrogen-bond acceptors (Lipinski definition) is 4. The molecule has 12 heavy (non-hydrogen) atoms. The molecule has 3 nitrogen and oxygen atoms in total. The van der Waals surface area contributed by atoms with Crippen molar-refractivity contribution < 1.29 is 9.84 Å². The third-order valence-electron chi connectivity index (χ3n) is 2.14. The molecule has 2 unspecified atom stereocenters. The van der Waals surface area contributed by atoms with Crippen LogP contribution in [0.15, 0.2) is 0 Å². The van der Waals surface area contributed by atoms with Crippen molar-refractivity contribution in [2.24, 2.45) is 0 Å². The summed E-state index contributed by atoms with van der Waals surface area (Å²) in [4.78, 5) is 0. The van der Waals surface area contributed by atoms with Crippen LogP contribution in [0.25, 0.3) is 0 Å². The Hall–Kier alpha value is -0.240. The summed E-state index contributed by atoms with van der Waals surface area (Å²) in [5.74, 6) is 0.972. The second-order valence-corrected chi connectivity index (χ2v) is 4.29. The van der Waals surface area contributed by atoms with Crippen molar-refractivity contribution in [2.45, 2.75) is 24.2 Å². The van der Waals surface area contributed by atoms with Crippen LogP contribution in [0.1, 0.15) is 13.3 Å². The molecule has 1 N–H and O–H groups in total. The molecule has 1 heterocycles. The zero-order valence-electron chi connectivity index (χ0n) is 7.12. The monoisotopic (exact) mass is 187 g/mol. The summed E-state index contributed by atoms with van der Waals surface area (Å²) >= 11 is 1.75. The Balaban J connectivity index is 2.57. The Morgan fingerprint density at radius 3 is 3.00 bits per heavy atom. The van der Waals surface area contributed by atoms with Gasteiger partial charge in [-0.3, -0.25) is 0 Å². The molecule has 0 bridgehead atoms. The lowest BCUT2D eigenvalue weighted by Crippen LogP contribution is -2.37. The Labute approximate surface area is 76.7 Å². The molecule has 68 valence electrons. The van der Waals surface area contributed by atoms with Crippen molar-refractivity contribution in [2.75, 3.05) is 19.0 Å². The smallest absolute Gasteiger partial charge is 0.166 e. The molecule has 1 saturated heterocycles. The Morgan fingerprint density at radius 1 is 1.83 bits per heavy atom. The topological polar surface area (TPSA) is 53.2 Å². The van der Waals surface area contributed by atoms with E-state index in [2.05, 4.69) is 6.07 Å². The Morgan fingerprint density at radius 2 is 2.58 bits per heavy atom. The molecule has 1 aliphatic rings. The SMILES string of the molecule is CC1SCCC1(C#N)OCCO. The maximum atomic E-state index is 8.94. The van der Waals surface area contributed by atoms with E-state index in [1.165, 1.54) is 0 Å². The lowest BCUT2D eigenvalue weighted by molar-refractivity contribution is -0.0154. The van der Waals surface area contributed by atoms with Crippen LogP contribution < -0.4 is 0 Å². The van der Waals surface area contributed by atoms with E-state index < -0.39 is 5.60 Å². The van der Waals surface area contributed by atoms with E-state index in [0.717, 1.165) is 12.2 Å². The van der Waals surface area contributed by atoms with Gasteiger partial charge in [-0.05, 0) is 19.1 Å². The lowest BCUT2D eigenvalue weighted by Gasteiger charge is -2.24. The van der Waals surface area contributed by atoms with Gasteiger partial charge in [0.25, 0.3) is 0 Å². The fourth-order valence-corrected chi connectivity index (χ4v) is 2.60. The van der Waals surface area contributed by atoms with E-state index >= 15 is 0 Å². The fraction of sp³-hybridized carbons (Fsp3) is 0.875. The summed E-state index contributed by atoms with van der Waals surface area (Å²) in [5, 5.41) is 17.7. The number of aliphatic hydroxyl groups excluding tert-OH is 1. The number of ether oxygens (including phenoxy) is 1. The largest absolute Gasteiger partial charge is 0.394 e. The van der Waals surface area contributed by atoms with Gasteiger partial charge in [-0.25, -0.2) is 0 Å². The molecular weight excluding hydrogens is 174 g/mol. The molecule has 1 fully saturated rings. The van der Waals surface area contributed by atoms with E-state index in [-0.39, 0.29) is 18.5 Å². The molecule has 4 heteroatoms. The first-order valence-corrected chi connectivity index (χ1v) is 5.08. The highest BCUT2D eigenvalue weighted by Gasteiger charge is 2.42. The van der Waals surface area contributed by atoms with Gasteiger partial charge in [0, 0.05) is 5.25 Å². The van der Waals surface area contributed by atoms with E-state index in [1.54, 1.807) is 11.8 Å². The minimum Gasteiger partial charge on any atom is -0.394 e. The average Bonchev–Trinajstić information content (AvgIpc) is 2.45. The van der Waals surface area contributed by atoms with Crippen molar-refractivity contribution in [1.82, 2.24) is 0 Å². The van der Waals surface area contributed by atoms with E-state index in [0.29, 0.717) is 0 Å². The van der Waals surface area contributed by atoms with Gasteiger partial charge in [0.05, 0.1) is 19.3 Å². The Kier molecular flexibility index (Phi) is 3.39. The molecule has 0 spiro atoms. The highest BCUT2D eigenvalue weighted by atomic mass is 32.2. The molecule has 0 amide bonds. The van der Waals surface area contributed by atoms with Crippen molar-refractivity contribution in [3.05, 3.63) is 0 Å². The maximum Gasteiger partial charge on any atom is 0.166 e. The third-order valence-corrected chi connectivity index (χ3v) is 3.46. The minimum absolute atomic E-state index is 0.0131. The summed E-state index contributed by atoms with van der Waals surface area (Å²) < 4.78 is 5.37. The standard InChI is InChI=1S/C8H13NO2S/c1-7-8(6-9,2-5-12-7)11-4-3-10/h7,10H,2-5H2,1H3. The van der Waals surface area contributed by atoms with Gasteiger partial charge < -0.3 is 9.84 Å². The third kappa shape index (κ3) is 1.74. The van der Waals surface area contributed by atoms with Gasteiger partial charge in [0.15, 0.2) is 5.60 Å². The van der Waals surface area contributed by atoms with Gasteiger partial charge in [-0.15, -0.1) is 0 Å². The fourth-order valence-electron chi connectivity index (χ4n) is 1.32. The zero-order valence-corrected chi connectivity index (χ0v) is 7.93. The van der Waals surface area contributed by atoms with Crippen LogP contribution in [0.5, 0.6) is 0 Å². The predicted octanol–water partition coefficient (Wildman–Crippen LogP) is 0.783. The van der Waals surface area contributed by atoms with Gasteiger partial charge in [-0.1, -0.05) is 0 Å². The summed E-state index contributed by atoms with van der Waals surface area (Å²) in [5.41, 5.74) is -0.645. The molecule has 0 aliphatic carbocycles. The van der Waals surface area contributed by atoms with Crippen molar-refractivity contribution in [3.63, 3.8) is 0 Å². The number of aliphatic hydroxyl groups is 1. The summed E-state index contributed by atoms with van der Waals surface area (Å²) in [6, 6.07) is 2.21. The number of nitrogens with zero attached hydrogens (tertiary/aromatic N) is 1. The van der Waals surface area contributed by atoms with Crippen LogP contribution in [-0.2, 0) is 4.74 Å². The van der Waals surface area contributed by atoms with Crippen LogP contribution >= 0.6 is 11.8 Å². The van der Waals surface area contributed by atoms with Crippen LogP contribution in [0.2, 0.25) is 0 Å². The zero-order chi connectivity index (χ0) is 9.03. The van der Waals surface area contributed by atoms with E-state index in [9.17, 15) is 0 Å². The molecule has 1 rings (SSSR count). The summed E-state index contributed by atoms with van der Waals surface area (Å²) in [6.45, 7) is 2.25. The van der Waals surface area contributed by atoms with Gasteiger partial charge in [-0.2, -0.15) is 17.0 Å². The van der Waals surface area contributed by atoms with Crippen LogP contribution in [0.4, 0.5) is 0 Å². The molecule has 0 saturated carbocycles. The molecule has 2 atom stereocenters. The number of thioether (sulfide) groups is 1.